The van der Waals surface area contributed by atoms with Gasteiger partial charge in [0.15, 0.2) is 21.4 Å². The second-order valence-electron chi connectivity index (χ2n) is 6.91. The Balaban J connectivity index is 2.58. The highest BCUT2D eigenvalue weighted by molar-refractivity contribution is 7.90. The lowest BCUT2D eigenvalue weighted by molar-refractivity contribution is 0.188. The monoisotopic (exact) mass is 487 g/mol. The summed E-state index contributed by atoms with van der Waals surface area (Å²) in [5, 5.41) is 18.6. The number of nitrogens with zero attached hydrogens (tertiary/aromatic N) is 3. The molecule has 176 valence electrons. The Labute approximate surface area is 186 Å². The maximum absolute atomic E-state index is 12.9. The van der Waals surface area contributed by atoms with E-state index in [4.69, 9.17) is 4.74 Å². The van der Waals surface area contributed by atoms with Gasteiger partial charge < -0.3 is 9.84 Å². The number of hydrogen-bond acceptors (Lipinski definition) is 10. The van der Waals surface area contributed by atoms with Crippen LogP contribution in [0.1, 0.15) is 17.5 Å². The number of ether oxygens (including phenoxy) is 1. The second-order valence-corrected chi connectivity index (χ2v) is 10.7. The molecule has 11 nitrogen and oxygen atoms in total. The predicted molar refractivity (Wildman–Crippen MR) is 117 cm³/mol. The Morgan fingerprint density at radius 2 is 1.69 bits per heavy atom. The average molecular weight is 488 g/mol. The van der Waals surface area contributed by atoms with Crippen molar-refractivity contribution in [1.29, 1.82) is 0 Å². The molecular weight excluding hydrogens is 462 g/mol. The number of methoxy groups -OCH3 is 1. The van der Waals surface area contributed by atoms with Crippen LogP contribution in [-0.4, -0.2) is 53.6 Å². The van der Waals surface area contributed by atoms with Crippen LogP contribution in [0.2, 0.25) is 0 Å². The summed E-state index contributed by atoms with van der Waals surface area (Å²) in [5.41, 5.74) is -0.445. The van der Waals surface area contributed by atoms with Gasteiger partial charge in [0.2, 0.25) is 0 Å². The van der Waals surface area contributed by atoms with Crippen LogP contribution in [-0.2, 0) is 41.2 Å². The molecular formula is C19H25N3O8S2. The van der Waals surface area contributed by atoms with Crippen LogP contribution in [0.3, 0.4) is 0 Å². The Kier molecular flexibility index (Phi) is 8.29. The van der Waals surface area contributed by atoms with Gasteiger partial charge in [0.1, 0.15) is 5.75 Å². The lowest BCUT2D eigenvalue weighted by atomic mass is 10.1. The van der Waals surface area contributed by atoms with Crippen molar-refractivity contribution in [2.24, 2.45) is 10.2 Å². The van der Waals surface area contributed by atoms with Crippen LogP contribution < -0.4 is 5.56 Å². The highest BCUT2D eigenvalue weighted by atomic mass is 32.2. The van der Waals surface area contributed by atoms with Gasteiger partial charge in [-0.05, 0) is 43.2 Å². The van der Waals surface area contributed by atoms with Gasteiger partial charge in [0.25, 0.3) is 15.7 Å². The SMILES string of the molecule is COCCCn1c(O)c(CS(=O)(=O)OC)c(C)c(N=Nc2ccc(S(C)(=O)=O)cc2)c1=O. The number of sulfone groups is 1. The van der Waals surface area contributed by atoms with Gasteiger partial charge >= 0.3 is 0 Å². The average Bonchev–Trinajstić information content (AvgIpc) is 2.73. The maximum atomic E-state index is 12.9. The quantitative estimate of drug-likeness (QED) is 0.304. The van der Waals surface area contributed by atoms with Gasteiger partial charge in [-0.1, -0.05) is 0 Å². The van der Waals surface area contributed by atoms with E-state index in [0.29, 0.717) is 13.0 Å². The van der Waals surface area contributed by atoms with E-state index in [0.717, 1.165) is 17.9 Å². The first-order chi connectivity index (χ1) is 14.9. The molecule has 2 rings (SSSR count). The lowest BCUT2D eigenvalue weighted by Crippen LogP contribution is -2.24. The molecule has 1 aromatic heterocycles. The molecule has 0 saturated carbocycles. The summed E-state index contributed by atoms with van der Waals surface area (Å²) in [6.45, 7) is 1.82. The molecule has 0 aliphatic rings. The lowest BCUT2D eigenvalue weighted by Gasteiger charge is -2.16. The summed E-state index contributed by atoms with van der Waals surface area (Å²) in [5.74, 6) is -1.17. The van der Waals surface area contributed by atoms with Gasteiger partial charge in [-0.15, -0.1) is 5.11 Å². The summed E-state index contributed by atoms with van der Waals surface area (Å²) < 4.78 is 57.6. The van der Waals surface area contributed by atoms with Crippen LogP contribution in [0.5, 0.6) is 5.88 Å². The predicted octanol–water partition coefficient (Wildman–Crippen LogP) is 2.19. The van der Waals surface area contributed by atoms with E-state index >= 15 is 0 Å². The van der Waals surface area contributed by atoms with Gasteiger partial charge in [-0.3, -0.25) is 13.5 Å². The summed E-state index contributed by atoms with van der Waals surface area (Å²) in [4.78, 5) is 13.0. The minimum atomic E-state index is -4.00. The van der Waals surface area contributed by atoms with E-state index in [1.807, 2.05) is 0 Å². The molecule has 0 bridgehead atoms. The van der Waals surface area contributed by atoms with Crippen molar-refractivity contribution in [2.45, 2.75) is 30.5 Å². The molecule has 0 amide bonds. The fourth-order valence-corrected chi connectivity index (χ4v) is 4.27. The highest BCUT2D eigenvalue weighted by Crippen LogP contribution is 2.29. The first-order valence-corrected chi connectivity index (χ1v) is 12.8. The molecule has 0 spiro atoms. The molecule has 0 aliphatic carbocycles. The third-order valence-electron chi connectivity index (χ3n) is 4.62. The van der Waals surface area contributed by atoms with Crippen molar-refractivity contribution < 1.29 is 30.9 Å². The smallest absolute Gasteiger partial charge is 0.281 e. The molecule has 0 unspecified atom stereocenters. The number of hydrogen-bond donors (Lipinski definition) is 1. The summed E-state index contributed by atoms with van der Waals surface area (Å²) in [6, 6.07) is 5.55. The molecule has 1 heterocycles. The van der Waals surface area contributed by atoms with E-state index in [1.165, 1.54) is 38.3 Å². The number of rotatable bonds is 10. The molecule has 0 atom stereocenters. The number of aromatic nitrogens is 1. The third-order valence-corrected chi connectivity index (χ3v) is 6.90. The first-order valence-electron chi connectivity index (χ1n) is 9.35. The summed E-state index contributed by atoms with van der Waals surface area (Å²) in [7, 11) is -4.90. The largest absolute Gasteiger partial charge is 0.494 e. The Hall–Kier alpha value is -2.61. The van der Waals surface area contributed by atoms with Crippen molar-refractivity contribution >= 4 is 31.3 Å². The van der Waals surface area contributed by atoms with Crippen LogP contribution in [0.15, 0.2) is 44.2 Å². The molecule has 1 aromatic carbocycles. The topological polar surface area (TPSA) is 154 Å². The zero-order chi connectivity index (χ0) is 24.1. The van der Waals surface area contributed by atoms with Crippen molar-refractivity contribution in [2.75, 3.05) is 27.1 Å². The minimum Gasteiger partial charge on any atom is -0.494 e. The molecule has 32 heavy (non-hydrogen) atoms. The normalized spacial score (nSPS) is 12.5. The Morgan fingerprint density at radius 3 is 2.22 bits per heavy atom. The highest BCUT2D eigenvalue weighted by Gasteiger charge is 2.23. The van der Waals surface area contributed by atoms with E-state index in [1.54, 1.807) is 0 Å². The minimum absolute atomic E-state index is 0.0368. The van der Waals surface area contributed by atoms with E-state index in [9.17, 15) is 26.7 Å². The number of azo groups is 1. The van der Waals surface area contributed by atoms with Crippen molar-refractivity contribution in [3.63, 3.8) is 0 Å². The van der Waals surface area contributed by atoms with E-state index in [-0.39, 0.29) is 33.9 Å². The van der Waals surface area contributed by atoms with Gasteiger partial charge in [0, 0.05) is 32.1 Å². The van der Waals surface area contributed by atoms with Crippen LogP contribution in [0, 0.1) is 6.92 Å². The molecule has 0 fully saturated rings. The number of pyridine rings is 1. The van der Waals surface area contributed by atoms with Crippen LogP contribution in [0.4, 0.5) is 11.4 Å². The van der Waals surface area contributed by atoms with Crippen LogP contribution >= 0.6 is 0 Å². The molecule has 0 aliphatic heterocycles. The van der Waals surface area contributed by atoms with E-state index < -0.39 is 37.1 Å². The van der Waals surface area contributed by atoms with Gasteiger partial charge in [-0.2, -0.15) is 13.5 Å². The molecule has 0 radical (unpaired) electrons. The summed E-state index contributed by atoms with van der Waals surface area (Å²) in [6.07, 6.45) is 1.46. The first kappa shape index (κ1) is 25.6. The van der Waals surface area contributed by atoms with Crippen LogP contribution in [0.25, 0.3) is 0 Å². The molecule has 0 saturated heterocycles. The zero-order valence-corrected chi connectivity index (χ0v) is 19.7. The molecule has 2 aromatic rings. The molecule has 1 N–H and O–H groups in total. The van der Waals surface area contributed by atoms with Gasteiger partial charge in [-0.25, -0.2) is 8.42 Å². The molecule has 13 heteroatoms. The Bertz CT molecular complexity index is 1270. The number of aromatic hydroxyl groups is 1. The van der Waals surface area contributed by atoms with Crippen molar-refractivity contribution in [3.05, 3.63) is 45.7 Å². The van der Waals surface area contributed by atoms with Crippen molar-refractivity contribution in [1.82, 2.24) is 4.57 Å². The standard InChI is InChI=1S/C19H25N3O8S2/c1-13-16(12-32(27,28)30-3)18(23)22(10-5-11-29-2)19(24)17(13)21-20-14-6-8-15(9-7-14)31(4,25)26/h6-9,23H,5,10-12H2,1-4H3. The zero-order valence-electron chi connectivity index (χ0n) is 18.1. The number of benzene rings is 1. The van der Waals surface area contributed by atoms with E-state index in [2.05, 4.69) is 14.4 Å². The maximum Gasteiger partial charge on any atom is 0.281 e. The fraction of sp³-hybridized carbons (Fsp3) is 0.421. The Morgan fingerprint density at radius 1 is 1.06 bits per heavy atom. The fourth-order valence-electron chi connectivity index (χ4n) is 2.83. The second kappa shape index (κ2) is 10.3. The summed E-state index contributed by atoms with van der Waals surface area (Å²) >= 11 is 0. The third kappa shape index (κ3) is 6.22. The van der Waals surface area contributed by atoms with Gasteiger partial charge in [0.05, 0.1) is 17.7 Å². The van der Waals surface area contributed by atoms with Crippen molar-refractivity contribution in [3.8, 4) is 5.88 Å².